The molecule has 2 fully saturated rings. The predicted molar refractivity (Wildman–Crippen MR) is 94.9 cm³/mol. The summed E-state index contributed by atoms with van der Waals surface area (Å²) in [5.41, 5.74) is 1.18. The summed E-state index contributed by atoms with van der Waals surface area (Å²) >= 11 is 0. The van der Waals surface area contributed by atoms with Crippen LogP contribution in [0.25, 0.3) is 0 Å². The van der Waals surface area contributed by atoms with Gasteiger partial charge in [-0.2, -0.15) is 0 Å². The van der Waals surface area contributed by atoms with E-state index in [-0.39, 0.29) is 17.7 Å². The molecule has 0 radical (unpaired) electrons. The average Bonchev–Trinajstić information content (AvgIpc) is 3.38. The Morgan fingerprint density at radius 2 is 1.92 bits per heavy atom. The van der Waals surface area contributed by atoms with E-state index in [1.165, 1.54) is 30.5 Å². The molecule has 1 aromatic heterocycles. The molecule has 1 saturated carbocycles. The third-order valence-electron chi connectivity index (χ3n) is 5.13. The molecule has 136 valence electrons. The van der Waals surface area contributed by atoms with Crippen molar-refractivity contribution in [3.05, 3.63) is 63.9 Å². The monoisotopic (exact) mass is 355 g/mol. The van der Waals surface area contributed by atoms with Crippen LogP contribution in [0.5, 0.6) is 0 Å². The van der Waals surface area contributed by atoms with Crippen molar-refractivity contribution in [2.45, 2.75) is 31.3 Å². The summed E-state index contributed by atoms with van der Waals surface area (Å²) < 4.78 is 5.14. The fourth-order valence-electron chi connectivity index (χ4n) is 3.66. The van der Waals surface area contributed by atoms with E-state index in [0.29, 0.717) is 12.6 Å². The van der Waals surface area contributed by atoms with Crippen molar-refractivity contribution in [2.75, 3.05) is 19.6 Å². The minimum atomic E-state index is -0.622. The SMILES string of the molecule is O=C(c1ccc([N+](=O)[O-])o1)N1CCN(C2CC2)CC1Cc1ccccc1. The zero-order valence-electron chi connectivity index (χ0n) is 14.4. The van der Waals surface area contributed by atoms with Gasteiger partial charge in [0.15, 0.2) is 5.76 Å². The highest BCUT2D eigenvalue weighted by Crippen LogP contribution is 2.30. The fourth-order valence-corrected chi connectivity index (χ4v) is 3.66. The molecule has 7 nitrogen and oxygen atoms in total. The number of hydrogen-bond acceptors (Lipinski definition) is 5. The van der Waals surface area contributed by atoms with Crippen LogP contribution in [0.1, 0.15) is 29.0 Å². The van der Waals surface area contributed by atoms with E-state index >= 15 is 0 Å². The third-order valence-corrected chi connectivity index (χ3v) is 5.13. The second-order valence-electron chi connectivity index (χ2n) is 6.96. The molecular formula is C19H21N3O4. The summed E-state index contributed by atoms with van der Waals surface area (Å²) in [6.07, 6.45) is 3.23. The Balaban J connectivity index is 1.54. The van der Waals surface area contributed by atoms with Crippen molar-refractivity contribution >= 4 is 11.8 Å². The van der Waals surface area contributed by atoms with Gasteiger partial charge in [-0.3, -0.25) is 19.8 Å². The number of carbonyl (C=O) groups excluding carboxylic acids is 1. The molecule has 1 aromatic carbocycles. The number of carbonyl (C=O) groups is 1. The topological polar surface area (TPSA) is 79.8 Å². The molecule has 26 heavy (non-hydrogen) atoms. The van der Waals surface area contributed by atoms with E-state index < -0.39 is 10.8 Å². The molecule has 4 rings (SSSR count). The van der Waals surface area contributed by atoms with Crippen LogP contribution in [0.3, 0.4) is 0 Å². The molecule has 1 aliphatic heterocycles. The maximum absolute atomic E-state index is 12.9. The van der Waals surface area contributed by atoms with Crippen LogP contribution in [0.4, 0.5) is 5.88 Å². The summed E-state index contributed by atoms with van der Waals surface area (Å²) in [4.78, 5) is 27.4. The van der Waals surface area contributed by atoms with Gasteiger partial charge in [-0.1, -0.05) is 30.3 Å². The molecule has 1 amide bonds. The van der Waals surface area contributed by atoms with Gasteiger partial charge in [0.25, 0.3) is 5.91 Å². The highest BCUT2D eigenvalue weighted by Gasteiger charge is 2.38. The standard InChI is InChI=1S/C19H21N3O4/c23-19(17-8-9-18(26-17)22(24)25)21-11-10-20(15-6-7-15)13-16(21)12-14-4-2-1-3-5-14/h1-5,8-9,15-16H,6-7,10-13H2. The molecule has 7 heteroatoms. The molecule has 2 aliphatic rings. The molecular weight excluding hydrogens is 334 g/mol. The first-order valence-corrected chi connectivity index (χ1v) is 8.95. The Hall–Kier alpha value is -2.67. The van der Waals surface area contributed by atoms with Crippen LogP contribution in [-0.4, -0.2) is 52.3 Å². The van der Waals surface area contributed by atoms with Crippen molar-refractivity contribution in [1.29, 1.82) is 0 Å². The first-order chi connectivity index (χ1) is 12.6. The number of amides is 1. The lowest BCUT2D eigenvalue weighted by Crippen LogP contribution is -2.56. The number of piperazine rings is 1. The van der Waals surface area contributed by atoms with Crippen molar-refractivity contribution < 1.29 is 14.1 Å². The van der Waals surface area contributed by atoms with Crippen LogP contribution >= 0.6 is 0 Å². The van der Waals surface area contributed by atoms with Gasteiger partial charge in [-0.25, -0.2) is 0 Å². The zero-order valence-corrected chi connectivity index (χ0v) is 14.4. The second-order valence-corrected chi connectivity index (χ2v) is 6.96. The number of benzene rings is 1. The largest absolute Gasteiger partial charge is 0.433 e. The summed E-state index contributed by atoms with van der Waals surface area (Å²) in [7, 11) is 0. The lowest BCUT2D eigenvalue weighted by atomic mass is 10.0. The van der Waals surface area contributed by atoms with E-state index in [0.717, 1.165) is 19.5 Å². The van der Waals surface area contributed by atoms with E-state index in [4.69, 9.17) is 4.42 Å². The molecule has 1 unspecified atom stereocenters. The van der Waals surface area contributed by atoms with E-state index in [1.807, 2.05) is 23.1 Å². The first-order valence-electron chi connectivity index (χ1n) is 8.95. The highest BCUT2D eigenvalue weighted by molar-refractivity contribution is 5.92. The molecule has 0 bridgehead atoms. The molecule has 0 spiro atoms. The van der Waals surface area contributed by atoms with Crippen molar-refractivity contribution in [2.24, 2.45) is 0 Å². The molecule has 2 heterocycles. The molecule has 1 saturated heterocycles. The molecule has 1 aliphatic carbocycles. The van der Waals surface area contributed by atoms with Gasteiger partial charge in [0.2, 0.25) is 0 Å². The van der Waals surface area contributed by atoms with E-state index in [2.05, 4.69) is 17.0 Å². The quantitative estimate of drug-likeness (QED) is 0.608. The predicted octanol–water partition coefficient (Wildman–Crippen LogP) is 2.72. The van der Waals surface area contributed by atoms with Gasteiger partial charge in [-0.05, 0) is 30.9 Å². The summed E-state index contributed by atoms with van der Waals surface area (Å²) in [5.74, 6) is -0.631. The Kier molecular flexibility index (Phi) is 4.46. The molecule has 1 atom stereocenters. The van der Waals surface area contributed by atoms with Crippen LogP contribution in [-0.2, 0) is 6.42 Å². The Labute approximate surface area is 151 Å². The van der Waals surface area contributed by atoms with Gasteiger partial charge in [0.05, 0.1) is 6.07 Å². The number of furan rings is 1. The van der Waals surface area contributed by atoms with E-state index in [1.54, 1.807) is 0 Å². The van der Waals surface area contributed by atoms with Gasteiger partial charge in [0, 0.05) is 31.7 Å². The van der Waals surface area contributed by atoms with Crippen molar-refractivity contribution in [1.82, 2.24) is 9.80 Å². The maximum atomic E-state index is 12.9. The third kappa shape index (κ3) is 3.48. The number of nitro groups is 1. The first kappa shape index (κ1) is 16.8. The molecule has 0 N–H and O–H groups in total. The Morgan fingerprint density at radius 1 is 1.15 bits per heavy atom. The fraction of sp³-hybridized carbons (Fsp3) is 0.421. The minimum absolute atomic E-state index is 0.0309. The van der Waals surface area contributed by atoms with Crippen LogP contribution in [0.2, 0.25) is 0 Å². The maximum Gasteiger partial charge on any atom is 0.433 e. The summed E-state index contributed by atoms with van der Waals surface area (Å²) in [6, 6.07) is 13.4. The number of hydrogen-bond donors (Lipinski definition) is 0. The van der Waals surface area contributed by atoms with Crippen molar-refractivity contribution in [3.8, 4) is 0 Å². The molecule has 2 aromatic rings. The average molecular weight is 355 g/mol. The summed E-state index contributed by atoms with van der Waals surface area (Å²) in [6.45, 7) is 2.28. The van der Waals surface area contributed by atoms with Gasteiger partial charge in [-0.15, -0.1) is 0 Å². The zero-order chi connectivity index (χ0) is 18.1. The Morgan fingerprint density at radius 3 is 2.58 bits per heavy atom. The lowest BCUT2D eigenvalue weighted by Gasteiger charge is -2.41. The van der Waals surface area contributed by atoms with E-state index in [9.17, 15) is 14.9 Å². The van der Waals surface area contributed by atoms with Crippen LogP contribution < -0.4 is 0 Å². The minimum Gasteiger partial charge on any atom is -0.395 e. The van der Waals surface area contributed by atoms with Gasteiger partial charge in [0.1, 0.15) is 4.92 Å². The number of rotatable bonds is 5. The van der Waals surface area contributed by atoms with Crippen LogP contribution in [0.15, 0.2) is 46.9 Å². The highest BCUT2D eigenvalue weighted by atomic mass is 16.6. The smallest absolute Gasteiger partial charge is 0.395 e. The van der Waals surface area contributed by atoms with Crippen LogP contribution in [0, 0.1) is 10.1 Å². The lowest BCUT2D eigenvalue weighted by molar-refractivity contribution is -0.402. The van der Waals surface area contributed by atoms with Gasteiger partial charge < -0.3 is 9.32 Å². The Bertz CT molecular complexity index is 800. The van der Waals surface area contributed by atoms with Crippen molar-refractivity contribution in [3.63, 3.8) is 0 Å². The summed E-state index contributed by atoms with van der Waals surface area (Å²) in [5, 5.41) is 10.8. The van der Waals surface area contributed by atoms with Gasteiger partial charge >= 0.3 is 5.88 Å². The second kappa shape index (κ2) is 6.92. The number of nitrogens with zero attached hydrogens (tertiary/aromatic N) is 3. The normalized spacial score (nSPS) is 20.9.